The fourth-order valence-electron chi connectivity index (χ4n) is 3.83. The standard InChI is InChI=1S/C25H30N2OS/c1-2-3-4-5-6-9-18-28-21-15-13-20(14-16-21)26-25-27-24-22-11-8-7-10-19(22)12-17-23(24)29-25/h7-8,10-11,13-16H,2-6,9,12,17-18H2,1H3,(H,26,27). The Morgan fingerprint density at radius 3 is 2.59 bits per heavy atom. The van der Waals surface area contributed by atoms with E-state index in [0.29, 0.717) is 0 Å². The lowest BCUT2D eigenvalue weighted by Crippen LogP contribution is -2.01. The van der Waals surface area contributed by atoms with Gasteiger partial charge in [-0.05, 0) is 49.1 Å². The minimum Gasteiger partial charge on any atom is -0.494 e. The zero-order valence-electron chi connectivity index (χ0n) is 17.2. The molecule has 1 heterocycles. The van der Waals surface area contributed by atoms with Gasteiger partial charge in [-0.1, -0.05) is 63.3 Å². The molecule has 0 atom stereocenters. The number of nitrogens with one attached hydrogen (secondary N) is 1. The fraction of sp³-hybridized carbons (Fsp3) is 0.400. The molecule has 4 heteroatoms. The second-order valence-corrected chi connectivity index (χ2v) is 8.80. The molecule has 0 fully saturated rings. The van der Waals surface area contributed by atoms with Gasteiger partial charge in [0.25, 0.3) is 0 Å². The van der Waals surface area contributed by atoms with Crippen LogP contribution in [0.25, 0.3) is 11.3 Å². The van der Waals surface area contributed by atoms with Crippen LogP contribution in [0, 0.1) is 0 Å². The maximum Gasteiger partial charge on any atom is 0.187 e. The molecule has 0 unspecified atom stereocenters. The molecule has 0 spiro atoms. The average Bonchev–Trinajstić information content (AvgIpc) is 3.17. The average molecular weight is 407 g/mol. The lowest BCUT2D eigenvalue weighted by Gasteiger charge is -2.13. The predicted octanol–water partition coefficient (Wildman–Crippen LogP) is 7.39. The quantitative estimate of drug-likeness (QED) is 0.356. The van der Waals surface area contributed by atoms with Crippen LogP contribution in [0.4, 0.5) is 10.8 Å². The van der Waals surface area contributed by atoms with Crippen LogP contribution in [0.3, 0.4) is 0 Å². The first-order chi connectivity index (χ1) is 14.3. The van der Waals surface area contributed by atoms with Crippen molar-refractivity contribution in [3.8, 4) is 17.0 Å². The monoisotopic (exact) mass is 406 g/mol. The zero-order chi connectivity index (χ0) is 19.9. The molecule has 0 aliphatic heterocycles. The van der Waals surface area contributed by atoms with Crippen LogP contribution in [-0.2, 0) is 12.8 Å². The maximum atomic E-state index is 5.88. The van der Waals surface area contributed by atoms with Crippen molar-refractivity contribution in [2.45, 2.75) is 58.3 Å². The molecule has 1 aromatic heterocycles. The molecule has 0 saturated carbocycles. The van der Waals surface area contributed by atoms with Crippen molar-refractivity contribution in [1.82, 2.24) is 4.98 Å². The molecule has 0 amide bonds. The summed E-state index contributed by atoms with van der Waals surface area (Å²) in [5.74, 6) is 0.941. The third-order valence-electron chi connectivity index (χ3n) is 5.46. The first-order valence-electron chi connectivity index (χ1n) is 10.9. The molecule has 0 radical (unpaired) electrons. The number of anilines is 2. The normalized spacial score (nSPS) is 12.3. The van der Waals surface area contributed by atoms with Crippen molar-refractivity contribution in [3.05, 3.63) is 59.0 Å². The third kappa shape index (κ3) is 5.18. The Kier molecular flexibility index (Phi) is 6.83. The smallest absolute Gasteiger partial charge is 0.187 e. The largest absolute Gasteiger partial charge is 0.494 e. The number of unbranched alkanes of at least 4 members (excludes halogenated alkanes) is 5. The van der Waals surface area contributed by atoms with Crippen molar-refractivity contribution in [2.24, 2.45) is 0 Å². The summed E-state index contributed by atoms with van der Waals surface area (Å²) in [4.78, 5) is 6.26. The highest BCUT2D eigenvalue weighted by Gasteiger charge is 2.20. The Balaban J connectivity index is 1.29. The third-order valence-corrected chi connectivity index (χ3v) is 6.49. The van der Waals surface area contributed by atoms with E-state index in [1.165, 1.54) is 48.1 Å². The van der Waals surface area contributed by atoms with Gasteiger partial charge in [-0.15, -0.1) is 11.3 Å². The number of fused-ring (bicyclic) bond motifs is 3. The Bertz CT molecular complexity index is 917. The fourth-order valence-corrected chi connectivity index (χ4v) is 4.83. The number of aromatic nitrogens is 1. The van der Waals surface area contributed by atoms with E-state index in [1.54, 1.807) is 11.3 Å². The highest BCUT2D eigenvalue weighted by Crippen LogP contribution is 2.38. The van der Waals surface area contributed by atoms with Crippen LogP contribution in [0.5, 0.6) is 5.75 Å². The zero-order valence-corrected chi connectivity index (χ0v) is 18.1. The lowest BCUT2D eigenvalue weighted by atomic mass is 9.94. The number of hydrogen-bond donors (Lipinski definition) is 1. The van der Waals surface area contributed by atoms with Gasteiger partial charge in [0, 0.05) is 16.1 Å². The molecule has 2 aromatic carbocycles. The molecule has 3 aromatic rings. The highest BCUT2D eigenvalue weighted by molar-refractivity contribution is 7.16. The Hall–Kier alpha value is -2.33. The lowest BCUT2D eigenvalue weighted by molar-refractivity contribution is 0.304. The minimum absolute atomic E-state index is 0.803. The van der Waals surface area contributed by atoms with Crippen LogP contribution in [0.1, 0.15) is 55.9 Å². The van der Waals surface area contributed by atoms with Gasteiger partial charge in [0.2, 0.25) is 0 Å². The van der Waals surface area contributed by atoms with Crippen LogP contribution in [-0.4, -0.2) is 11.6 Å². The van der Waals surface area contributed by atoms with Gasteiger partial charge in [-0.3, -0.25) is 0 Å². The second kappa shape index (κ2) is 9.93. The Morgan fingerprint density at radius 2 is 1.72 bits per heavy atom. The summed E-state index contributed by atoms with van der Waals surface area (Å²) >= 11 is 1.77. The van der Waals surface area contributed by atoms with Crippen LogP contribution < -0.4 is 10.1 Å². The molecule has 4 rings (SSSR count). The van der Waals surface area contributed by atoms with E-state index in [9.17, 15) is 0 Å². The summed E-state index contributed by atoms with van der Waals surface area (Å²) in [5.41, 5.74) is 4.90. The summed E-state index contributed by atoms with van der Waals surface area (Å²) in [6.45, 7) is 3.06. The number of nitrogens with zero attached hydrogens (tertiary/aromatic N) is 1. The van der Waals surface area contributed by atoms with Crippen molar-refractivity contribution < 1.29 is 4.74 Å². The van der Waals surface area contributed by atoms with Crippen molar-refractivity contribution in [1.29, 1.82) is 0 Å². The molecular formula is C25H30N2OS. The van der Waals surface area contributed by atoms with Gasteiger partial charge in [0.1, 0.15) is 5.75 Å². The van der Waals surface area contributed by atoms with Gasteiger partial charge < -0.3 is 10.1 Å². The number of rotatable bonds is 10. The van der Waals surface area contributed by atoms with E-state index in [-0.39, 0.29) is 0 Å². The van der Waals surface area contributed by atoms with Crippen LogP contribution >= 0.6 is 11.3 Å². The molecule has 29 heavy (non-hydrogen) atoms. The van der Waals surface area contributed by atoms with Crippen LogP contribution in [0.15, 0.2) is 48.5 Å². The molecule has 0 saturated heterocycles. The van der Waals surface area contributed by atoms with Gasteiger partial charge >= 0.3 is 0 Å². The SMILES string of the molecule is CCCCCCCCOc1ccc(Nc2nc3c(s2)CCc2ccccc2-3)cc1. The summed E-state index contributed by atoms with van der Waals surface area (Å²) in [6.07, 6.45) is 9.91. The van der Waals surface area contributed by atoms with Crippen molar-refractivity contribution in [2.75, 3.05) is 11.9 Å². The van der Waals surface area contributed by atoms with E-state index >= 15 is 0 Å². The van der Waals surface area contributed by atoms with E-state index < -0.39 is 0 Å². The molecule has 1 aliphatic rings. The highest BCUT2D eigenvalue weighted by atomic mass is 32.1. The molecular weight excluding hydrogens is 376 g/mol. The van der Waals surface area contributed by atoms with Gasteiger partial charge in [0.05, 0.1) is 12.3 Å². The van der Waals surface area contributed by atoms with Crippen LogP contribution in [0.2, 0.25) is 0 Å². The Morgan fingerprint density at radius 1 is 0.931 bits per heavy atom. The molecule has 0 bridgehead atoms. The number of aryl methyl sites for hydroxylation is 2. The first-order valence-corrected chi connectivity index (χ1v) is 11.7. The number of benzene rings is 2. The van der Waals surface area contributed by atoms with Crippen molar-refractivity contribution >= 4 is 22.2 Å². The topological polar surface area (TPSA) is 34.1 Å². The van der Waals surface area contributed by atoms with E-state index in [2.05, 4.69) is 48.6 Å². The molecule has 1 aliphatic carbocycles. The predicted molar refractivity (Wildman–Crippen MR) is 124 cm³/mol. The van der Waals surface area contributed by atoms with Gasteiger partial charge in [0.15, 0.2) is 5.13 Å². The minimum atomic E-state index is 0.803. The van der Waals surface area contributed by atoms with E-state index in [1.807, 2.05) is 12.1 Å². The van der Waals surface area contributed by atoms with Crippen molar-refractivity contribution in [3.63, 3.8) is 0 Å². The van der Waals surface area contributed by atoms with Gasteiger partial charge in [-0.2, -0.15) is 0 Å². The first kappa shape index (κ1) is 20.0. The molecule has 152 valence electrons. The summed E-state index contributed by atoms with van der Waals surface area (Å²) in [6, 6.07) is 16.9. The summed E-state index contributed by atoms with van der Waals surface area (Å²) in [7, 11) is 0. The second-order valence-electron chi connectivity index (χ2n) is 7.71. The number of ether oxygens (including phenoxy) is 1. The molecule has 3 nitrogen and oxygen atoms in total. The van der Waals surface area contributed by atoms with E-state index in [0.717, 1.165) is 48.1 Å². The summed E-state index contributed by atoms with van der Waals surface area (Å²) < 4.78 is 5.88. The maximum absolute atomic E-state index is 5.88. The molecule has 1 N–H and O–H groups in total. The van der Waals surface area contributed by atoms with E-state index in [4.69, 9.17) is 9.72 Å². The Labute approximate surface area is 178 Å². The number of hydrogen-bond acceptors (Lipinski definition) is 4. The number of thiazole rings is 1. The summed E-state index contributed by atoms with van der Waals surface area (Å²) in [5, 5.41) is 4.43. The van der Waals surface area contributed by atoms with Gasteiger partial charge in [-0.25, -0.2) is 4.98 Å².